The minimum Gasteiger partial charge on any atom is -0.399 e. The maximum Gasteiger partial charge on any atom is 0.172 e. The molecular weight excluding hydrogens is 324 g/mol. The Bertz CT molecular complexity index is 753. The fourth-order valence-electron chi connectivity index (χ4n) is 1.73. The normalized spacial score (nSPS) is 11.1. The summed E-state index contributed by atoms with van der Waals surface area (Å²) < 4.78 is 1.01. The van der Waals surface area contributed by atoms with E-state index < -0.39 is 0 Å². The van der Waals surface area contributed by atoms with Gasteiger partial charge in [0, 0.05) is 10.2 Å². The first-order chi connectivity index (χ1) is 9.11. The molecule has 2 aromatic heterocycles. The zero-order valence-electron chi connectivity index (χ0n) is 10.1. The molecule has 2 heterocycles. The molecular formula is C13H11BrN4S. The van der Waals surface area contributed by atoms with Gasteiger partial charge in [-0.15, -0.1) is 0 Å². The first-order valence-corrected chi connectivity index (χ1v) is 7.29. The van der Waals surface area contributed by atoms with Gasteiger partial charge < -0.3 is 10.7 Å². The maximum absolute atomic E-state index is 5.75. The summed E-state index contributed by atoms with van der Waals surface area (Å²) in [5.41, 5.74) is 9.29. The van der Waals surface area contributed by atoms with Crippen molar-refractivity contribution in [1.82, 2.24) is 15.0 Å². The molecule has 0 unspecified atom stereocenters. The summed E-state index contributed by atoms with van der Waals surface area (Å²) in [6.07, 6.45) is 0. The molecule has 0 aliphatic carbocycles. The third kappa shape index (κ3) is 2.59. The van der Waals surface area contributed by atoms with Crippen LogP contribution in [-0.2, 0) is 0 Å². The largest absolute Gasteiger partial charge is 0.399 e. The predicted molar refractivity (Wildman–Crippen MR) is 81.3 cm³/mol. The van der Waals surface area contributed by atoms with Crippen LogP contribution < -0.4 is 5.73 Å². The number of halogens is 1. The highest BCUT2D eigenvalue weighted by molar-refractivity contribution is 9.10. The summed E-state index contributed by atoms with van der Waals surface area (Å²) in [4.78, 5) is 12.2. The van der Waals surface area contributed by atoms with Gasteiger partial charge in [-0.2, -0.15) is 0 Å². The minimum absolute atomic E-state index is 0.727. The number of nitrogen functional groups attached to an aromatic ring is 1. The molecule has 0 bridgehead atoms. The van der Waals surface area contributed by atoms with E-state index in [2.05, 4.69) is 30.9 Å². The lowest BCUT2D eigenvalue weighted by Gasteiger charge is -2.00. The van der Waals surface area contributed by atoms with Crippen LogP contribution in [0.3, 0.4) is 0 Å². The van der Waals surface area contributed by atoms with Crippen LogP contribution >= 0.6 is 27.7 Å². The molecule has 3 N–H and O–H groups in total. The lowest BCUT2D eigenvalue weighted by atomic mass is 10.3. The lowest BCUT2D eigenvalue weighted by molar-refractivity contribution is 1.02. The fourth-order valence-corrected chi connectivity index (χ4v) is 2.77. The molecule has 0 aliphatic heterocycles. The van der Waals surface area contributed by atoms with Gasteiger partial charge >= 0.3 is 0 Å². The van der Waals surface area contributed by atoms with E-state index in [0.717, 1.165) is 37.1 Å². The third-order valence-corrected chi connectivity index (χ3v) is 4.34. The highest BCUT2D eigenvalue weighted by Crippen LogP contribution is 2.28. The molecule has 96 valence electrons. The van der Waals surface area contributed by atoms with Gasteiger partial charge in [0.05, 0.1) is 16.7 Å². The second-order valence-electron chi connectivity index (χ2n) is 4.14. The van der Waals surface area contributed by atoms with E-state index in [-0.39, 0.29) is 0 Å². The summed E-state index contributed by atoms with van der Waals surface area (Å²) in [6, 6.07) is 9.59. The van der Waals surface area contributed by atoms with E-state index in [1.807, 2.05) is 37.3 Å². The quantitative estimate of drug-likeness (QED) is 0.700. The predicted octanol–water partition coefficient (Wildman–Crippen LogP) is 3.76. The second-order valence-corrected chi connectivity index (χ2v) is 6.00. The highest BCUT2D eigenvalue weighted by atomic mass is 79.9. The molecule has 0 radical (unpaired) electrons. The van der Waals surface area contributed by atoms with Gasteiger partial charge in [0.15, 0.2) is 5.16 Å². The second kappa shape index (κ2) is 4.86. The Hall–Kier alpha value is -1.53. The Morgan fingerprint density at radius 3 is 2.84 bits per heavy atom. The summed E-state index contributed by atoms with van der Waals surface area (Å²) in [6.45, 7) is 1.97. The van der Waals surface area contributed by atoms with Crippen LogP contribution in [0.1, 0.15) is 5.69 Å². The molecule has 3 aromatic rings. The van der Waals surface area contributed by atoms with Crippen LogP contribution in [0.25, 0.3) is 11.0 Å². The number of nitrogens with zero attached hydrogens (tertiary/aromatic N) is 2. The van der Waals surface area contributed by atoms with Gasteiger partial charge in [0.2, 0.25) is 0 Å². The number of rotatable bonds is 2. The summed E-state index contributed by atoms with van der Waals surface area (Å²) in [7, 11) is 0. The number of benzene rings is 1. The number of imidazole rings is 1. The first-order valence-electron chi connectivity index (χ1n) is 5.68. The molecule has 0 amide bonds. The molecule has 3 rings (SSSR count). The van der Waals surface area contributed by atoms with Gasteiger partial charge in [0.1, 0.15) is 5.03 Å². The molecule has 19 heavy (non-hydrogen) atoms. The number of aryl methyl sites for hydroxylation is 1. The Kier molecular flexibility index (Phi) is 3.20. The van der Waals surface area contributed by atoms with Gasteiger partial charge in [-0.05, 0) is 64.9 Å². The number of fused-ring (bicyclic) bond motifs is 1. The number of hydrogen-bond donors (Lipinski definition) is 2. The number of nitrogens with one attached hydrogen (secondary N) is 1. The number of H-pyrrole nitrogens is 1. The zero-order chi connectivity index (χ0) is 13.4. The van der Waals surface area contributed by atoms with Crippen molar-refractivity contribution in [2.24, 2.45) is 0 Å². The van der Waals surface area contributed by atoms with Gasteiger partial charge in [-0.3, -0.25) is 0 Å². The summed E-state index contributed by atoms with van der Waals surface area (Å²) >= 11 is 4.94. The lowest BCUT2D eigenvalue weighted by Crippen LogP contribution is -1.86. The molecule has 0 saturated heterocycles. The van der Waals surface area contributed by atoms with Crippen molar-refractivity contribution in [3.8, 4) is 0 Å². The van der Waals surface area contributed by atoms with Crippen LogP contribution in [0, 0.1) is 6.92 Å². The number of hydrogen-bond acceptors (Lipinski definition) is 4. The van der Waals surface area contributed by atoms with E-state index in [4.69, 9.17) is 5.73 Å². The van der Waals surface area contributed by atoms with E-state index in [1.54, 1.807) is 0 Å². The first kappa shape index (κ1) is 12.5. The van der Waals surface area contributed by atoms with Crippen molar-refractivity contribution in [2.75, 3.05) is 5.73 Å². The van der Waals surface area contributed by atoms with Crippen LogP contribution in [0.4, 0.5) is 5.69 Å². The average Bonchev–Trinajstić information content (AvgIpc) is 2.75. The van der Waals surface area contributed by atoms with Gasteiger partial charge in [-0.25, -0.2) is 9.97 Å². The molecule has 6 heteroatoms. The standard InChI is InChI=1S/C13H11BrN4S/c1-7-9(14)3-5-12(16-7)19-13-17-10-4-2-8(15)6-11(10)18-13/h2-6H,15H2,1H3,(H,17,18). The maximum atomic E-state index is 5.75. The Morgan fingerprint density at radius 1 is 1.21 bits per heavy atom. The zero-order valence-corrected chi connectivity index (χ0v) is 12.5. The smallest absolute Gasteiger partial charge is 0.172 e. The van der Waals surface area contributed by atoms with E-state index >= 15 is 0 Å². The van der Waals surface area contributed by atoms with Crippen molar-refractivity contribution in [1.29, 1.82) is 0 Å². The number of pyridine rings is 1. The Morgan fingerprint density at radius 2 is 2.05 bits per heavy atom. The van der Waals surface area contributed by atoms with Gasteiger partial charge in [0.25, 0.3) is 0 Å². The topological polar surface area (TPSA) is 67.6 Å². The number of aromatic amines is 1. The van der Waals surface area contributed by atoms with E-state index in [0.29, 0.717) is 0 Å². The average molecular weight is 335 g/mol. The van der Waals surface area contributed by atoms with Crippen molar-refractivity contribution in [3.63, 3.8) is 0 Å². The van der Waals surface area contributed by atoms with Crippen molar-refractivity contribution in [3.05, 3.63) is 40.5 Å². The Balaban J connectivity index is 1.94. The summed E-state index contributed by atoms with van der Waals surface area (Å²) in [5.74, 6) is 0. The molecule has 4 nitrogen and oxygen atoms in total. The monoisotopic (exact) mass is 334 g/mol. The van der Waals surface area contributed by atoms with E-state index in [1.165, 1.54) is 11.8 Å². The molecule has 1 aromatic carbocycles. The number of aromatic nitrogens is 3. The molecule has 0 atom stereocenters. The molecule has 0 fully saturated rings. The molecule has 0 aliphatic rings. The number of anilines is 1. The van der Waals surface area contributed by atoms with E-state index in [9.17, 15) is 0 Å². The fraction of sp³-hybridized carbons (Fsp3) is 0.0769. The summed E-state index contributed by atoms with van der Waals surface area (Å²) in [5, 5.41) is 1.72. The van der Waals surface area contributed by atoms with Gasteiger partial charge in [-0.1, -0.05) is 0 Å². The molecule has 0 spiro atoms. The number of nitrogens with two attached hydrogens (primary N) is 1. The van der Waals surface area contributed by atoms with Crippen LogP contribution in [-0.4, -0.2) is 15.0 Å². The van der Waals surface area contributed by atoms with Crippen molar-refractivity contribution >= 4 is 44.4 Å². The van der Waals surface area contributed by atoms with Crippen LogP contribution in [0.15, 0.2) is 45.0 Å². The van der Waals surface area contributed by atoms with Crippen molar-refractivity contribution < 1.29 is 0 Å². The Labute approximate surface area is 123 Å². The SMILES string of the molecule is Cc1nc(Sc2nc3ccc(N)cc3[nH]2)ccc1Br. The van der Waals surface area contributed by atoms with Crippen LogP contribution in [0.2, 0.25) is 0 Å². The van der Waals surface area contributed by atoms with Crippen molar-refractivity contribution in [2.45, 2.75) is 17.1 Å². The highest BCUT2D eigenvalue weighted by Gasteiger charge is 2.07. The van der Waals surface area contributed by atoms with Crippen LogP contribution in [0.5, 0.6) is 0 Å². The minimum atomic E-state index is 0.727. The molecule has 0 saturated carbocycles. The third-order valence-electron chi connectivity index (χ3n) is 2.68.